The maximum Gasteiger partial charge on any atom is 0.257 e. The summed E-state index contributed by atoms with van der Waals surface area (Å²) >= 11 is 0. The number of para-hydroxylation sites is 1. The minimum atomic E-state index is -3.61. The second-order valence-corrected chi connectivity index (χ2v) is 9.06. The number of H-pyrrole nitrogens is 2. The van der Waals surface area contributed by atoms with Gasteiger partial charge in [0.15, 0.2) is 0 Å². The number of aromatic amines is 2. The smallest absolute Gasteiger partial charge is 0.257 e. The van der Waals surface area contributed by atoms with E-state index >= 15 is 0 Å². The number of sulfonamides is 1. The van der Waals surface area contributed by atoms with Crippen molar-refractivity contribution in [1.29, 1.82) is 0 Å². The predicted octanol–water partition coefficient (Wildman–Crippen LogP) is 2.27. The molecule has 1 saturated heterocycles. The lowest BCUT2D eigenvalue weighted by Crippen LogP contribution is -2.46. The molecule has 8 heteroatoms. The summed E-state index contributed by atoms with van der Waals surface area (Å²) in [5.41, 5.74) is 2.30. The highest BCUT2D eigenvalue weighted by molar-refractivity contribution is 7.89. The van der Waals surface area contributed by atoms with Gasteiger partial charge in [-0.15, -0.1) is 0 Å². The monoisotopic (exact) mass is 408 g/mol. The van der Waals surface area contributed by atoms with Crippen molar-refractivity contribution in [1.82, 2.24) is 19.6 Å². The molecule has 0 bridgehead atoms. The van der Waals surface area contributed by atoms with E-state index in [0.29, 0.717) is 48.3 Å². The molecule has 1 fully saturated rings. The summed E-state index contributed by atoms with van der Waals surface area (Å²) in [5, 5.41) is 4.67. The standard InChI is InChI=1S/C21H20N4O3S/c26-21-16(12-14-4-1-2-5-17(14)24-21)19-13-15-18(23-19)6-3-7-20(15)29(27,28)25-10-8-22-9-11-25/h1-7,12-13,22-23H,8-11H2,(H,24,26). The van der Waals surface area contributed by atoms with Crippen LogP contribution in [-0.4, -0.2) is 48.9 Å². The van der Waals surface area contributed by atoms with Gasteiger partial charge in [-0.2, -0.15) is 4.31 Å². The van der Waals surface area contributed by atoms with E-state index in [1.54, 1.807) is 18.2 Å². The average molecular weight is 408 g/mol. The van der Waals surface area contributed by atoms with Crippen LogP contribution in [0.25, 0.3) is 33.1 Å². The van der Waals surface area contributed by atoms with Gasteiger partial charge in [-0.3, -0.25) is 4.79 Å². The molecule has 148 valence electrons. The summed E-state index contributed by atoms with van der Waals surface area (Å²) in [4.78, 5) is 19.0. The Kier molecular flexibility index (Phi) is 4.27. The summed E-state index contributed by atoms with van der Waals surface area (Å²) in [5.74, 6) is 0. The molecule has 2 aromatic heterocycles. The average Bonchev–Trinajstić information content (AvgIpc) is 3.17. The molecule has 0 amide bonds. The van der Waals surface area contributed by atoms with Gasteiger partial charge in [0.25, 0.3) is 5.56 Å². The fourth-order valence-corrected chi connectivity index (χ4v) is 5.51. The molecular weight excluding hydrogens is 388 g/mol. The minimum Gasteiger partial charge on any atom is -0.354 e. The Morgan fingerprint density at radius 2 is 1.62 bits per heavy atom. The van der Waals surface area contributed by atoms with E-state index in [4.69, 9.17) is 0 Å². The van der Waals surface area contributed by atoms with Crippen molar-refractivity contribution in [3.63, 3.8) is 0 Å². The fraction of sp³-hybridized carbons (Fsp3) is 0.190. The SMILES string of the molecule is O=c1[nH]c2ccccc2cc1-c1cc2c(S(=O)(=O)N3CCNCC3)cccc2[nH]1. The van der Waals surface area contributed by atoms with E-state index in [9.17, 15) is 13.2 Å². The van der Waals surface area contributed by atoms with Crippen molar-refractivity contribution >= 4 is 31.8 Å². The van der Waals surface area contributed by atoms with Gasteiger partial charge in [-0.1, -0.05) is 24.3 Å². The second kappa shape index (κ2) is 6.84. The van der Waals surface area contributed by atoms with Crippen LogP contribution in [0.15, 0.2) is 64.3 Å². The quantitative estimate of drug-likeness (QED) is 0.484. The predicted molar refractivity (Wildman–Crippen MR) is 113 cm³/mol. The van der Waals surface area contributed by atoms with E-state index in [1.165, 1.54) is 4.31 Å². The Bertz CT molecular complexity index is 1380. The van der Waals surface area contributed by atoms with E-state index < -0.39 is 10.0 Å². The molecule has 3 heterocycles. The van der Waals surface area contributed by atoms with Crippen molar-refractivity contribution in [2.24, 2.45) is 0 Å². The molecule has 0 unspecified atom stereocenters. The van der Waals surface area contributed by atoms with Crippen molar-refractivity contribution < 1.29 is 8.42 Å². The zero-order valence-corrected chi connectivity index (χ0v) is 16.4. The highest BCUT2D eigenvalue weighted by Gasteiger charge is 2.28. The first kappa shape index (κ1) is 18.1. The molecule has 7 nitrogen and oxygen atoms in total. The Morgan fingerprint density at radius 1 is 0.862 bits per heavy atom. The highest BCUT2D eigenvalue weighted by Crippen LogP contribution is 2.30. The Hall–Kier alpha value is -2.94. The third-order valence-electron chi connectivity index (χ3n) is 5.36. The van der Waals surface area contributed by atoms with Gasteiger partial charge in [-0.05, 0) is 35.7 Å². The largest absolute Gasteiger partial charge is 0.354 e. The summed E-state index contributed by atoms with van der Waals surface area (Å²) in [6, 6.07) is 16.3. The number of nitrogens with zero attached hydrogens (tertiary/aromatic N) is 1. The van der Waals surface area contributed by atoms with E-state index in [1.807, 2.05) is 36.4 Å². The van der Waals surface area contributed by atoms with Gasteiger partial charge in [-0.25, -0.2) is 8.42 Å². The number of hydrogen-bond donors (Lipinski definition) is 3. The normalized spacial score (nSPS) is 15.9. The topological polar surface area (TPSA) is 98.1 Å². The maximum atomic E-state index is 13.2. The first-order valence-corrected chi connectivity index (χ1v) is 10.9. The molecule has 0 atom stereocenters. The first-order chi connectivity index (χ1) is 14.0. The van der Waals surface area contributed by atoms with Crippen molar-refractivity contribution in [2.45, 2.75) is 4.90 Å². The van der Waals surface area contributed by atoms with Crippen LogP contribution >= 0.6 is 0 Å². The Labute approximate surface area is 167 Å². The lowest BCUT2D eigenvalue weighted by Gasteiger charge is -2.26. The maximum absolute atomic E-state index is 13.2. The van der Waals surface area contributed by atoms with Crippen LogP contribution in [0.3, 0.4) is 0 Å². The van der Waals surface area contributed by atoms with Gasteiger partial charge < -0.3 is 15.3 Å². The molecule has 0 aliphatic carbocycles. The second-order valence-electron chi connectivity index (χ2n) is 7.15. The van der Waals surface area contributed by atoms with Crippen molar-refractivity contribution in [2.75, 3.05) is 26.2 Å². The van der Waals surface area contributed by atoms with Gasteiger partial charge in [0, 0.05) is 42.6 Å². The number of rotatable bonds is 3. The van der Waals surface area contributed by atoms with Crippen LogP contribution < -0.4 is 10.9 Å². The molecule has 29 heavy (non-hydrogen) atoms. The fourth-order valence-electron chi connectivity index (χ4n) is 3.87. The van der Waals surface area contributed by atoms with Crippen molar-refractivity contribution in [3.05, 3.63) is 65.0 Å². The zero-order chi connectivity index (χ0) is 20.0. The number of fused-ring (bicyclic) bond motifs is 2. The molecule has 0 radical (unpaired) electrons. The highest BCUT2D eigenvalue weighted by atomic mass is 32.2. The molecule has 3 N–H and O–H groups in total. The van der Waals surface area contributed by atoms with Crippen LogP contribution in [-0.2, 0) is 10.0 Å². The van der Waals surface area contributed by atoms with Crippen LogP contribution in [0.2, 0.25) is 0 Å². The lowest BCUT2D eigenvalue weighted by molar-refractivity contribution is 0.360. The summed E-state index contributed by atoms with van der Waals surface area (Å²) in [7, 11) is -3.61. The molecule has 0 saturated carbocycles. The van der Waals surface area contributed by atoms with E-state index in [-0.39, 0.29) is 10.5 Å². The molecule has 1 aliphatic rings. The molecule has 5 rings (SSSR count). The van der Waals surface area contributed by atoms with Gasteiger partial charge in [0.05, 0.1) is 16.2 Å². The number of benzene rings is 2. The summed E-state index contributed by atoms with van der Waals surface area (Å²) in [6.45, 7) is 2.17. The van der Waals surface area contributed by atoms with Gasteiger partial charge in [0.2, 0.25) is 10.0 Å². The molecule has 4 aromatic rings. The molecule has 0 spiro atoms. The van der Waals surface area contributed by atoms with E-state index in [0.717, 1.165) is 10.9 Å². The van der Waals surface area contributed by atoms with Crippen LogP contribution in [0.1, 0.15) is 0 Å². The summed E-state index contributed by atoms with van der Waals surface area (Å²) < 4.78 is 27.9. The number of aromatic nitrogens is 2. The van der Waals surface area contributed by atoms with Crippen LogP contribution in [0, 0.1) is 0 Å². The summed E-state index contributed by atoms with van der Waals surface area (Å²) in [6.07, 6.45) is 0. The number of piperazine rings is 1. The van der Waals surface area contributed by atoms with Crippen LogP contribution in [0.5, 0.6) is 0 Å². The minimum absolute atomic E-state index is 0.221. The zero-order valence-electron chi connectivity index (χ0n) is 15.6. The number of nitrogens with one attached hydrogen (secondary N) is 3. The Morgan fingerprint density at radius 3 is 2.45 bits per heavy atom. The lowest BCUT2D eigenvalue weighted by atomic mass is 10.1. The first-order valence-electron chi connectivity index (χ1n) is 9.49. The van der Waals surface area contributed by atoms with E-state index in [2.05, 4.69) is 15.3 Å². The molecule has 2 aromatic carbocycles. The van der Waals surface area contributed by atoms with Crippen LogP contribution in [0.4, 0.5) is 0 Å². The van der Waals surface area contributed by atoms with Crippen molar-refractivity contribution in [3.8, 4) is 11.3 Å². The number of hydrogen-bond acceptors (Lipinski definition) is 4. The number of pyridine rings is 1. The molecular formula is C21H20N4O3S. The van der Waals surface area contributed by atoms with Gasteiger partial charge in [0.1, 0.15) is 0 Å². The third kappa shape index (κ3) is 3.05. The molecule has 1 aliphatic heterocycles. The van der Waals surface area contributed by atoms with Gasteiger partial charge >= 0.3 is 0 Å². The Balaban J connectivity index is 1.66. The third-order valence-corrected chi connectivity index (χ3v) is 7.32.